The van der Waals surface area contributed by atoms with E-state index in [-0.39, 0.29) is 5.91 Å². The van der Waals surface area contributed by atoms with Crippen molar-refractivity contribution in [3.63, 3.8) is 0 Å². The summed E-state index contributed by atoms with van der Waals surface area (Å²) in [5, 5.41) is 3.60. The predicted molar refractivity (Wildman–Crippen MR) is 96.0 cm³/mol. The number of amides is 1. The summed E-state index contributed by atoms with van der Waals surface area (Å²) >= 11 is 1.34. The number of benzene rings is 1. The molecule has 24 heavy (non-hydrogen) atoms. The second kappa shape index (κ2) is 7.19. The first-order chi connectivity index (χ1) is 11.2. The van der Waals surface area contributed by atoms with Gasteiger partial charge in [0.05, 0.1) is 19.9 Å². The van der Waals surface area contributed by atoms with Gasteiger partial charge in [0.25, 0.3) is 5.91 Å². The van der Waals surface area contributed by atoms with Crippen molar-refractivity contribution in [1.82, 2.24) is 10.3 Å². The van der Waals surface area contributed by atoms with E-state index in [4.69, 9.17) is 15.2 Å². The lowest BCUT2D eigenvalue weighted by molar-refractivity contribution is 0.0949. The highest BCUT2D eigenvalue weighted by Crippen LogP contribution is 2.34. The first-order valence-electron chi connectivity index (χ1n) is 7.52. The quantitative estimate of drug-likeness (QED) is 0.837. The number of methoxy groups -OCH3 is 2. The van der Waals surface area contributed by atoms with E-state index >= 15 is 0 Å². The number of nitrogens with one attached hydrogen (secondary N) is 1. The number of aromatic nitrogens is 1. The topological polar surface area (TPSA) is 86.5 Å². The molecule has 3 N–H and O–H groups in total. The number of ether oxygens (including phenoxy) is 2. The Hall–Kier alpha value is -2.12. The van der Waals surface area contributed by atoms with Gasteiger partial charge in [0, 0.05) is 17.6 Å². The summed E-state index contributed by atoms with van der Waals surface area (Å²) in [5.41, 5.74) is 7.01. The van der Waals surface area contributed by atoms with Crippen molar-refractivity contribution in [3.8, 4) is 22.1 Å². The molecule has 0 spiro atoms. The lowest BCUT2D eigenvalue weighted by atomic mass is 10.1. The van der Waals surface area contributed by atoms with Crippen LogP contribution in [0.25, 0.3) is 10.6 Å². The van der Waals surface area contributed by atoms with Crippen LogP contribution in [0.15, 0.2) is 18.2 Å². The highest BCUT2D eigenvalue weighted by atomic mass is 32.1. The Morgan fingerprint density at radius 2 is 1.96 bits per heavy atom. The van der Waals surface area contributed by atoms with Gasteiger partial charge in [0.15, 0.2) is 11.5 Å². The highest BCUT2D eigenvalue weighted by Gasteiger charge is 2.19. The summed E-state index contributed by atoms with van der Waals surface area (Å²) < 4.78 is 10.6. The number of hydrogen-bond donors (Lipinski definition) is 2. The fraction of sp³-hybridized carbons (Fsp3) is 0.412. The van der Waals surface area contributed by atoms with E-state index in [0.29, 0.717) is 28.6 Å². The monoisotopic (exact) mass is 349 g/mol. The van der Waals surface area contributed by atoms with Crippen molar-refractivity contribution >= 4 is 17.2 Å². The zero-order valence-corrected chi connectivity index (χ0v) is 15.4. The molecule has 1 aromatic carbocycles. The number of nitrogens with zero attached hydrogens (tertiary/aromatic N) is 1. The predicted octanol–water partition coefficient (Wildman–Crippen LogP) is 2.60. The van der Waals surface area contributed by atoms with Crippen LogP contribution >= 0.6 is 11.3 Å². The fourth-order valence-corrected chi connectivity index (χ4v) is 3.07. The van der Waals surface area contributed by atoms with E-state index in [1.165, 1.54) is 11.3 Å². The first kappa shape index (κ1) is 18.2. The summed E-state index contributed by atoms with van der Waals surface area (Å²) in [6.45, 7) is 5.95. The minimum absolute atomic E-state index is 0.157. The maximum Gasteiger partial charge on any atom is 0.263 e. The van der Waals surface area contributed by atoms with E-state index < -0.39 is 5.54 Å². The number of hydrogen-bond acceptors (Lipinski definition) is 6. The molecule has 0 radical (unpaired) electrons. The maximum absolute atomic E-state index is 12.3. The van der Waals surface area contributed by atoms with Crippen LogP contribution in [0.2, 0.25) is 0 Å². The van der Waals surface area contributed by atoms with Gasteiger partial charge in [-0.25, -0.2) is 4.98 Å². The second-order valence-corrected chi connectivity index (χ2v) is 7.17. The molecule has 0 aliphatic heterocycles. The van der Waals surface area contributed by atoms with Crippen molar-refractivity contribution in [2.75, 3.05) is 20.8 Å². The Bertz CT molecular complexity index is 735. The van der Waals surface area contributed by atoms with E-state index in [1.54, 1.807) is 14.2 Å². The Morgan fingerprint density at radius 3 is 2.54 bits per heavy atom. The van der Waals surface area contributed by atoms with Gasteiger partial charge in [0.2, 0.25) is 0 Å². The molecular formula is C17H23N3O3S. The van der Waals surface area contributed by atoms with Crippen LogP contribution < -0.4 is 20.5 Å². The minimum atomic E-state index is -0.458. The molecule has 1 amide bonds. The molecule has 2 aromatic rings. The molecule has 130 valence electrons. The molecule has 0 aliphatic carbocycles. The zero-order chi connectivity index (χ0) is 17.9. The lowest BCUT2D eigenvalue weighted by Gasteiger charge is -2.18. The van der Waals surface area contributed by atoms with Crippen LogP contribution in [0, 0.1) is 6.92 Å². The lowest BCUT2D eigenvalue weighted by Crippen LogP contribution is -2.45. The van der Waals surface area contributed by atoms with Gasteiger partial charge in [-0.2, -0.15) is 0 Å². The molecule has 0 bridgehead atoms. The van der Waals surface area contributed by atoms with Gasteiger partial charge in [-0.1, -0.05) is 0 Å². The van der Waals surface area contributed by atoms with Crippen LogP contribution in [-0.2, 0) is 0 Å². The molecule has 0 atom stereocenters. The van der Waals surface area contributed by atoms with Gasteiger partial charge in [-0.15, -0.1) is 11.3 Å². The number of carbonyl (C=O) groups is 1. The van der Waals surface area contributed by atoms with Crippen molar-refractivity contribution in [3.05, 3.63) is 28.8 Å². The van der Waals surface area contributed by atoms with Crippen LogP contribution in [0.3, 0.4) is 0 Å². The van der Waals surface area contributed by atoms with Crippen molar-refractivity contribution < 1.29 is 14.3 Å². The van der Waals surface area contributed by atoms with Crippen molar-refractivity contribution in [2.24, 2.45) is 5.73 Å². The van der Waals surface area contributed by atoms with E-state index in [1.807, 2.05) is 39.0 Å². The number of carbonyl (C=O) groups excluding carboxylic acids is 1. The van der Waals surface area contributed by atoms with Crippen LogP contribution in [0.4, 0.5) is 0 Å². The average Bonchev–Trinajstić information content (AvgIpc) is 2.93. The van der Waals surface area contributed by atoms with Gasteiger partial charge < -0.3 is 20.5 Å². The van der Waals surface area contributed by atoms with E-state index in [2.05, 4.69) is 10.3 Å². The molecule has 6 nitrogen and oxygen atoms in total. The molecule has 1 heterocycles. The summed E-state index contributed by atoms with van der Waals surface area (Å²) in [4.78, 5) is 17.4. The van der Waals surface area contributed by atoms with Gasteiger partial charge in [-0.05, 0) is 39.0 Å². The molecule has 0 saturated carbocycles. The normalized spacial score (nSPS) is 11.2. The zero-order valence-electron chi connectivity index (χ0n) is 14.6. The standard InChI is InChI=1S/C17H23N3O3S/c1-10-14(15(21)19-9-17(2,3)18)24-16(20-10)11-6-7-12(22-4)13(8-11)23-5/h6-8H,9,18H2,1-5H3,(H,19,21). The summed E-state index contributed by atoms with van der Waals surface area (Å²) in [5.74, 6) is 1.12. The highest BCUT2D eigenvalue weighted by molar-refractivity contribution is 7.17. The van der Waals surface area contributed by atoms with Gasteiger partial charge in [0.1, 0.15) is 9.88 Å². The average molecular weight is 349 g/mol. The molecule has 0 fully saturated rings. The number of aryl methyl sites for hydroxylation is 1. The fourth-order valence-electron chi connectivity index (χ4n) is 2.09. The molecule has 1 aromatic heterocycles. The third-order valence-electron chi connectivity index (χ3n) is 3.34. The third kappa shape index (κ3) is 4.24. The first-order valence-corrected chi connectivity index (χ1v) is 8.33. The SMILES string of the molecule is COc1ccc(-c2nc(C)c(C(=O)NCC(C)(C)N)s2)cc1OC. The largest absolute Gasteiger partial charge is 0.493 e. The Morgan fingerprint density at radius 1 is 1.29 bits per heavy atom. The third-order valence-corrected chi connectivity index (χ3v) is 4.54. The number of thiazole rings is 1. The molecule has 0 saturated heterocycles. The summed E-state index contributed by atoms with van der Waals surface area (Å²) in [7, 11) is 3.18. The van der Waals surface area contributed by atoms with Crippen molar-refractivity contribution in [2.45, 2.75) is 26.3 Å². The Kier molecular flexibility index (Phi) is 5.46. The maximum atomic E-state index is 12.3. The van der Waals surface area contributed by atoms with Gasteiger partial charge >= 0.3 is 0 Å². The van der Waals surface area contributed by atoms with E-state index in [0.717, 1.165) is 10.6 Å². The molecule has 2 rings (SSSR count). The van der Waals surface area contributed by atoms with Crippen molar-refractivity contribution in [1.29, 1.82) is 0 Å². The summed E-state index contributed by atoms with van der Waals surface area (Å²) in [6, 6.07) is 5.56. The molecular weight excluding hydrogens is 326 g/mol. The molecule has 7 heteroatoms. The Balaban J connectivity index is 2.27. The number of nitrogens with two attached hydrogens (primary N) is 1. The van der Waals surface area contributed by atoms with Crippen LogP contribution in [0.5, 0.6) is 11.5 Å². The molecule has 0 unspecified atom stereocenters. The Labute approximate surface area is 146 Å². The summed E-state index contributed by atoms with van der Waals surface area (Å²) in [6.07, 6.45) is 0. The minimum Gasteiger partial charge on any atom is -0.493 e. The molecule has 0 aliphatic rings. The van der Waals surface area contributed by atoms with Gasteiger partial charge in [-0.3, -0.25) is 4.79 Å². The number of rotatable bonds is 6. The van der Waals surface area contributed by atoms with Crippen LogP contribution in [0.1, 0.15) is 29.2 Å². The van der Waals surface area contributed by atoms with E-state index in [9.17, 15) is 4.79 Å². The smallest absolute Gasteiger partial charge is 0.263 e. The van der Waals surface area contributed by atoms with Crippen LogP contribution in [-0.4, -0.2) is 37.2 Å². The second-order valence-electron chi connectivity index (χ2n) is 6.17.